The maximum absolute atomic E-state index is 13.8. The van der Waals surface area contributed by atoms with Gasteiger partial charge in [0.15, 0.2) is 6.10 Å². The third-order valence-corrected chi connectivity index (χ3v) is 5.65. The van der Waals surface area contributed by atoms with Crippen molar-refractivity contribution in [2.45, 2.75) is 22.7 Å². The van der Waals surface area contributed by atoms with Crippen molar-refractivity contribution in [3.05, 3.63) is 46.7 Å². The van der Waals surface area contributed by atoms with E-state index in [1.807, 2.05) is 0 Å². The standard InChI is InChI=1S/C14H8ClF4NO4S/c15-6-3-7(5-20-4-6)24-8-1-2-9-11(10(8)13(16)17)12(21)14(18,19)25(9,22)23/h1-5,12-13,21H. The summed E-state index contributed by atoms with van der Waals surface area (Å²) < 4.78 is 83.3. The van der Waals surface area contributed by atoms with Gasteiger partial charge in [0.25, 0.3) is 6.43 Å². The van der Waals surface area contributed by atoms with E-state index in [-0.39, 0.29) is 10.8 Å². The average Bonchev–Trinajstić information content (AvgIpc) is 2.65. The lowest BCUT2D eigenvalue weighted by molar-refractivity contribution is -0.0391. The van der Waals surface area contributed by atoms with Crippen molar-refractivity contribution in [3.63, 3.8) is 0 Å². The van der Waals surface area contributed by atoms with Gasteiger partial charge >= 0.3 is 5.25 Å². The summed E-state index contributed by atoms with van der Waals surface area (Å²) in [6.45, 7) is 0. The second-order valence-corrected chi connectivity index (χ2v) is 7.53. The second-order valence-electron chi connectivity index (χ2n) is 5.10. The Bertz CT molecular complexity index is 952. The van der Waals surface area contributed by atoms with E-state index in [1.165, 1.54) is 12.3 Å². The van der Waals surface area contributed by atoms with Gasteiger partial charge in [0, 0.05) is 17.8 Å². The van der Waals surface area contributed by atoms with Crippen LogP contribution < -0.4 is 4.74 Å². The molecule has 2 heterocycles. The van der Waals surface area contributed by atoms with E-state index in [1.54, 1.807) is 0 Å². The summed E-state index contributed by atoms with van der Waals surface area (Å²) in [7, 11) is -5.29. The molecule has 25 heavy (non-hydrogen) atoms. The molecule has 11 heteroatoms. The van der Waals surface area contributed by atoms with Crippen molar-refractivity contribution in [1.29, 1.82) is 0 Å². The first-order chi connectivity index (χ1) is 11.6. The molecule has 2 aromatic rings. The molecule has 0 bridgehead atoms. The number of aromatic nitrogens is 1. The number of sulfone groups is 1. The molecule has 3 rings (SSSR count). The molecule has 134 valence electrons. The lowest BCUT2D eigenvalue weighted by Crippen LogP contribution is -2.28. The Balaban J connectivity index is 2.20. The van der Waals surface area contributed by atoms with Gasteiger partial charge in [-0.1, -0.05) is 11.6 Å². The number of nitrogens with zero attached hydrogens (tertiary/aromatic N) is 1. The van der Waals surface area contributed by atoms with Crippen LogP contribution in [0.1, 0.15) is 23.7 Å². The van der Waals surface area contributed by atoms with Crippen molar-refractivity contribution >= 4 is 21.4 Å². The van der Waals surface area contributed by atoms with Gasteiger partial charge < -0.3 is 9.84 Å². The molecule has 1 atom stereocenters. The maximum Gasteiger partial charge on any atom is 0.379 e. The van der Waals surface area contributed by atoms with Crippen LogP contribution in [0.5, 0.6) is 11.5 Å². The number of rotatable bonds is 3. The predicted molar refractivity (Wildman–Crippen MR) is 77.8 cm³/mol. The lowest BCUT2D eigenvalue weighted by Gasteiger charge is -2.16. The highest BCUT2D eigenvalue weighted by Gasteiger charge is 2.61. The van der Waals surface area contributed by atoms with Crippen molar-refractivity contribution in [2.24, 2.45) is 0 Å². The Kier molecular flexibility index (Phi) is 4.17. The molecule has 1 N–H and O–H groups in total. The van der Waals surface area contributed by atoms with Crippen molar-refractivity contribution in [1.82, 2.24) is 4.98 Å². The van der Waals surface area contributed by atoms with Gasteiger partial charge in [-0.3, -0.25) is 4.98 Å². The largest absolute Gasteiger partial charge is 0.455 e. The Hall–Kier alpha value is -1.91. The van der Waals surface area contributed by atoms with Gasteiger partial charge in [0.2, 0.25) is 9.84 Å². The zero-order valence-corrected chi connectivity index (χ0v) is 13.5. The van der Waals surface area contributed by atoms with Crippen LogP contribution in [-0.4, -0.2) is 23.8 Å². The minimum Gasteiger partial charge on any atom is -0.455 e. The molecule has 0 saturated carbocycles. The van der Waals surface area contributed by atoms with E-state index >= 15 is 0 Å². The van der Waals surface area contributed by atoms with Gasteiger partial charge in [-0.2, -0.15) is 8.78 Å². The number of alkyl halides is 4. The number of ether oxygens (including phenoxy) is 1. The minimum absolute atomic E-state index is 0.0727. The molecule has 0 fully saturated rings. The Labute approximate surface area is 143 Å². The molecular weight excluding hydrogens is 390 g/mol. The average molecular weight is 398 g/mol. The molecule has 0 radical (unpaired) electrons. The fraction of sp³-hybridized carbons (Fsp3) is 0.214. The van der Waals surface area contributed by atoms with Crippen LogP contribution in [0.15, 0.2) is 35.5 Å². The fourth-order valence-electron chi connectivity index (χ4n) is 2.46. The SMILES string of the molecule is O=S1(=O)c2ccc(Oc3cncc(Cl)c3)c(C(F)F)c2C(O)C1(F)F. The molecule has 1 unspecified atom stereocenters. The molecule has 0 saturated heterocycles. The lowest BCUT2D eigenvalue weighted by atomic mass is 10.0. The van der Waals surface area contributed by atoms with Crippen LogP contribution in [0.2, 0.25) is 5.02 Å². The molecule has 1 aliphatic heterocycles. The van der Waals surface area contributed by atoms with Crippen LogP contribution in [0.3, 0.4) is 0 Å². The Morgan fingerprint density at radius 1 is 1.28 bits per heavy atom. The first kappa shape index (κ1) is 17.9. The van der Waals surface area contributed by atoms with Crippen LogP contribution in [-0.2, 0) is 9.84 Å². The molecule has 5 nitrogen and oxygen atoms in total. The van der Waals surface area contributed by atoms with E-state index in [9.17, 15) is 31.1 Å². The third kappa shape index (κ3) is 2.64. The van der Waals surface area contributed by atoms with Gasteiger partial charge in [0.1, 0.15) is 11.5 Å². The molecule has 1 aromatic carbocycles. The van der Waals surface area contributed by atoms with E-state index < -0.39 is 49.4 Å². The predicted octanol–water partition coefficient (Wildman–Crippen LogP) is 3.88. The fourth-order valence-corrected chi connectivity index (χ4v) is 4.09. The summed E-state index contributed by atoms with van der Waals surface area (Å²) in [6.07, 6.45) is -3.92. The topological polar surface area (TPSA) is 76.5 Å². The first-order valence-electron chi connectivity index (χ1n) is 6.61. The Morgan fingerprint density at radius 2 is 1.96 bits per heavy atom. The zero-order valence-electron chi connectivity index (χ0n) is 12.0. The van der Waals surface area contributed by atoms with Crippen molar-refractivity contribution < 1.29 is 35.8 Å². The van der Waals surface area contributed by atoms with Crippen molar-refractivity contribution in [3.8, 4) is 11.5 Å². The summed E-state index contributed by atoms with van der Waals surface area (Å²) in [5.41, 5.74) is -2.21. The van der Waals surface area contributed by atoms with Gasteiger partial charge in [-0.15, -0.1) is 0 Å². The normalized spacial score (nSPS) is 20.5. The third-order valence-electron chi connectivity index (χ3n) is 3.57. The number of aliphatic hydroxyl groups excluding tert-OH is 1. The van der Waals surface area contributed by atoms with E-state index in [4.69, 9.17) is 16.3 Å². The molecule has 1 aliphatic rings. The van der Waals surface area contributed by atoms with E-state index in [0.29, 0.717) is 6.07 Å². The summed E-state index contributed by atoms with van der Waals surface area (Å²) in [5.74, 6) is -0.666. The molecular formula is C14H8ClF4NO4S. The van der Waals surface area contributed by atoms with Crippen molar-refractivity contribution in [2.75, 3.05) is 0 Å². The quantitative estimate of drug-likeness (QED) is 0.795. The van der Waals surface area contributed by atoms with E-state index in [2.05, 4.69) is 4.98 Å². The van der Waals surface area contributed by atoms with Crippen LogP contribution >= 0.6 is 11.6 Å². The summed E-state index contributed by atoms with van der Waals surface area (Å²) in [5, 5.41) is 5.17. The zero-order chi connectivity index (χ0) is 18.6. The van der Waals surface area contributed by atoms with Gasteiger partial charge in [-0.25, -0.2) is 17.2 Å². The highest BCUT2D eigenvalue weighted by molar-refractivity contribution is 7.92. The van der Waals surface area contributed by atoms with Crippen LogP contribution in [0, 0.1) is 0 Å². The minimum atomic E-state index is -5.29. The second kappa shape index (κ2) is 5.82. The van der Waals surface area contributed by atoms with Gasteiger partial charge in [-0.05, 0) is 12.1 Å². The maximum atomic E-state index is 13.8. The summed E-state index contributed by atoms with van der Waals surface area (Å²) in [6, 6.07) is 2.74. The number of pyridine rings is 1. The molecule has 0 amide bonds. The smallest absolute Gasteiger partial charge is 0.379 e. The highest BCUT2D eigenvalue weighted by Crippen LogP contribution is 2.53. The number of aliphatic hydroxyl groups is 1. The number of hydrogen-bond acceptors (Lipinski definition) is 5. The number of benzene rings is 1. The Morgan fingerprint density at radius 3 is 2.56 bits per heavy atom. The number of hydrogen-bond donors (Lipinski definition) is 1. The van der Waals surface area contributed by atoms with E-state index in [0.717, 1.165) is 12.3 Å². The molecule has 0 aliphatic carbocycles. The monoisotopic (exact) mass is 397 g/mol. The van der Waals surface area contributed by atoms with Crippen LogP contribution in [0.25, 0.3) is 0 Å². The summed E-state index contributed by atoms with van der Waals surface area (Å²) in [4.78, 5) is 2.62. The van der Waals surface area contributed by atoms with Crippen LogP contribution in [0.4, 0.5) is 17.6 Å². The molecule has 0 spiro atoms. The summed E-state index contributed by atoms with van der Waals surface area (Å²) >= 11 is 5.70. The first-order valence-corrected chi connectivity index (χ1v) is 8.47. The molecule has 1 aromatic heterocycles. The number of fused-ring (bicyclic) bond motifs is 1. The van der Waals surface area contributed by atoms with Gasteiger partial charge in [0.05, 0.1) is 21.7 Å². The number of halogens is 5. The highest BCUT2D eigenvalue weighted by atomic mass is 35.5.